The number of rotatable bonds is 6. The zero-order chi connectivity index (χ0) is 15.2. The third-order valence-electron chi connectivity index (χ3n) is 3.31. The van der Waals surface area contributed by atoms with Crippen LogP contribution in [0.4, 0.5) is 0 Å². The Balaban J connectivity index is 1.99. The molecule has 0 fully saturated rings. The van der Waals surface area contributed by atoms with Crippen molar-refractivity contribution in [3.63, 3.8) is 0 Å². The van der Waals surface area contributed by atoms with Crippen LogP contribution in [-0.4, -0.2) is 10.9 Å². The standard InChI is InChI=1S/C18H20O3/c1-13-10-15(7-6-14(2)19)8-9-18(13)21-12-16-4-3-5-17(20)11-16/h3-5,8-11,20H,6-7,12H2,1-2H3. The minimum absolute atomic E-state index is 0.205. The van der Waals surface area contributed by atoms with Gasteiger partial charge in [-0.1, -0.05) is 24.3 Å². The van der Waals surface area contributed by atoms with E-state index in [1.54, 1.807) is 25.1 Å². The molecule has 3 heteroatoms. The molecule has 2 aromatic carbocycles. The van der Waals surface area contributed by atoms with Crippen molar-refractivity contribution in [3.05, 3.63) is 59.2 Å². The van der Waals surface area contributed by atoms with Gasteiger partial charge in [-0.2, -0.15) is 0 Å². The first-order valence-electron chi connectivity index (χ1n) is 7.04. The highest BCUT2D eigenvalue weighted by molar-refractivity contribution is 5.75. The second-order valence-electron chi connectivity index (χ2n) is 5.26. The lowest BCUT2D eigenvalue weighted by Crippen LogP contribution is -1.99. The Morgan fingerprint density at radius 1 is 1.14 bits per heavy atom. The minimum Gasteiger partial charge on any atom is -0.508 e. The summed E-state index contributed by atoms with van der Waals surface area (Å²) in [4.78, 5) is 11.0. The summed E-state index contributed by atoms with van der Waals surface area (Å²) in [6.45, 7) is 4.02. The molecule has 0 aromatic heterocycles. The van der Waals surface area contributed by atoms with E-state index in [1.807, 2.05) is 25.1 Å². The van der Waals surface area contributed by atoms with Crippen LogP contribution in [0.5, 0.6) is 11.5 Å². The predicted molar refractivity (Wildman–Crippen MR) is 82.6 cm³/mol. The van der Waals surface area contributed by atoms with Crippen molar-refractivity contribution in [3.8, 4) is 11.5 Å². The van der Waals surface area contributed by atoms with Crippen LogP contribution in [0.25, 0.3) is 0 Å². The molecule has 0 aliphatic rings. The number of aryl methyl sites for hydroxylation is 2. The summed E-state index contributed by atoms with van der Waals surface area (Å²) in [6, 6.07) is 13.0. The molecule has 0 amide bonds. The van der Waals surface area contributed by atoms with E-state index in [2.05, 4.69) is 6.07 Å². The molecule has 1 N–H and O–H groups in total. The number of carbonyl (C=O) groups excluding carboxylic acids is 1. The Morgan fingerprint density at radius 2 is 1.95 bits per heavy atom. The number of phenols is 1. The quantitative estimate of drug-likeness (QED) is 0.877. The van der Waals surface area contributed by atoms with Gasteiger partial charge in [0.25, 0.3) is 0 Å². The SMILES string of the molecule is CC(=O)CCc1ccc(OCc2cccc(O)c2)c(C)c1. The second kappa shape index (κ2) is 6.93. The minimum atomic E-state index is 0.205. The van der Waals surface area contributed by atoms with Crippen LogP contribution in [0.15, 0.2) is 42.5 Å². The molecule has 0 unspecified atom stereocenters. The van der Waals surface area contributed by atoms with Crippen molar-refractivity contribution in [2.75, 3.05) is 0 Å². The average molecular weight is 284 g/mol. The van der Waals surface area contributed by atoms with Crippen molar-refractivity contribution in [2.45, 2.75) is 33.3 Å². The van der Waals surface area contributed by atoms with Crippen LogP contribution in [-0.2, 0) is 17.8 Å². The van der Waals surface area contributed by atoms with Crippen LogP contribution < -0.4 is 4.74 Å². The van der Waals surface area contributed by atoms with E-state index in [1.165, 1.54) is 0 Å². The fourth-order valence-corrected chi connectivity index (χ4v) is 2.16. The molecule has 2 rings (SSSR count). The molecule has 0 aliphatic heterocycles. The average Bonchev–Trinajstić information content (AvgIpc) is 2.44. The number of aromatic hydroxyl groups is 1. The maximum atomic E-state index is 11.0. The fraction of sp³-hybridized carbons (Fsp3) is 0.278. The maximum Gasteiger partial charge on any atom is 0.130 e. The van der Waals surface area contributed by atoms with Gasteiger partial charge in [0.1, 0.15) is 23.9 Å². The predicted octanol–water partition coefficient (Wildman–Crippen LogP) is 3.80. The number of benzene rings is 2. The number of hydrogen-bond acceptors (Lipinski definition) is 3. The summed E-state index contributed by atoms with van der Waals surface area (Å²) < 4.78 is 5.78. The Hall–Kier alpha value is -2.29. The van der Waals surface area contributed by atoms with E-state index in [4.69, 9.17) is 4.74 Å². The van der Waals surface area contributed by atoms with Crippen LogP contribution in [0.1, 0.15) is 30.0 Å². The van der Waals surface area contributed by atoms with Gasteiger partial charge in [0.15, 0.2) is 0 Å². The van der Waals surface area contributed by atoms with Gasteiger partial charge in [-0.3, -0.25) is 0 Å². The number of hydrogen-bond donors (Lipinski definition) is 1. The molecule has 2 aromatic rings. The first-order valence-corrected chi connectivity index (χ1v) is 7.04. The first kappa shape index (κ1) is 15.1. The summed E-state index contributed by atoms with van der Waals surface area (Å²) in [6.07, 6.45) is 1.34. The number of ether oxygens (including phenoxy) is 1. The molecule has 0 saturated heterocycles. The Labute approximate surface area is 125 Å². The number of ketones is 1. The molecule has 0 bridgehead atoms. The first-order chi connectivity index (χ1) is 10.0. The number of carbonyl (C=O) groups is 1. The van der Waals surface area contributed by atoms with Crippen molar-refractivity contribution >= 4 is 5.78 Å². The van der Waals surface area contributed by atoms with Crippen molar-refractivity contribution in [1.82, 2.24) is 0 Å². The number of phenolic OH excluding ortho intramolecular Hbond substituents is 1. The highest BCUT2D eigenvalue weighted by Crippen LogP contribution is 2.22. The third kappa shape index (κ3) is 4.63. The van der Waals surface area contributed by atoms with Crippen LogP contribution in [0.3, 0.4) is 0 Å². The van der Waals surface area contributed by atoms with Crippen LogP contribution >= 0.6 is 0 Å². The zero-order valence-electron chi connectivity index (χ0n) is 12.4. The molecular formula is C18H20O3. The lowest BCUT2D eigenvalue weighted by Gasteiger charge is -2.11. The summed E-state index contributed by atoms with van der Waals surface area (Å²) in [5.41, 5.74) is 3.12. The Kier molecular flexibility index (Phi) is 4.99. The molecule has 0 spiro atoms. The van der Waals surface area contributed by atoms with Crippen molar-refractivity contribution in [1.29, 1.82) is 0 Å². The van der Waals surface area contributed by atoms with E-state index in [0.29, 0.717) is 13.0 Å². The summed E-state index contributed by atoms with van der Waals surface area (Å²) in [5.74, 6) is 1.27. The van der Waals surface area contributed by atoms with Gasteiger partial charge < -0.3 is 14.6 Å². The molecule has 0 aliphatic carbocycles. The maximum absolute atomic E-state index is 11.0. The fourth-order valence-electron chi connectivity index (χ4n) is 2.16. The van der Waals surface area contributed by atoms with Gasteiger partial charge in [-0.15, -0.1) is 0 Å². The van der Waals surface area contributed by atoms with E-state index in [9.17, 15) is 9.90 Å². The third-order valence-corrected chi connectivity index (χ3v) is 3.31. The van der Waals surface area contributed by atoms with Crippen LogP contribution in [0, 0.1) is 6.92 Å². The van der Waals surface area contributed by atoms with Gasteiger partial charge in [0.05, 0.1) is 0 Å². The lowest BCUT2D eigenvalue weighted by atomic mass is 10.1. The molecule has 21 heavy (non-hydrogen) atoms. The van der Waals surface area contributed by atoms with E-state index in [-0.39, 0.29) is 11.5 Å². The largest absolute Gasteiger partial charge is 0.508 e. The van der Waals surface area contributed by atoms with Gasteiger partial charge in [0, 0.05) is 6.42 Å². The molecule has 110 valence electrons. The van der Waals surface area contributed by atoms with E-state index < -0.39 is 0 Å². The monoisotopic (exact) mass is 284 g/mol. The number of Topliss-reactive ketones (excluding diaryl/α,β-unsaturated/α-hetero) is 1. The lowest BCUT2D eigenvalue weighted by molar-refractivity contribution is -0.116. The van der Waals surface area contributed by atoms with Gasteiger partial charge in [0.2, 0.25) is 0 Å². The van der Waals surface area contributed by atoms with Gasteiger partial charge >= 0.3 is 0 Å². The van der Waals surface area contributed by atoms with E-state index >= 15 is 0 Å². The smallest absolute Gasteiger partial charge is 0.130 e. The molecule has 0 radical (unpaired) electrons. The zero-order valence-corrected chi connectivity index (χ0v) is 12.4. The molecular weight excluding hydrogens is 264 g/mol. The van der Waals surface area contributed by atoms with E-state index in [0.717, 1.165) is 28.9 Å². The summed E-state index contributed by atoms with van der Waals surface area (Å²) >= 11 is 0. The normalized spacial score (nSPS) is 10.4. The second-order valence-corrected chi connectivity index (χ2v) is 5.26. The Bertz CT molecular complexity index is 632. The molecule has 0 atom stereocenters. The topological polar surface area (TPSA) is 46.5 Å². The molecule has 0 heterocycles. The highest BCUT2D eigenvalue weighted by Gasteiger charge is 2.04. The molecule has 0 saturated carbocycles. The van der Waals surface area contributed by atoms with Crippen molar-refractivity contribution in [2.24, 2.45) is 0 Å². The summed E-state index contributed by atoms with van der Waals surface area (Å²) in [5, 5.41) is 9.42. The van der Waals surface area contributed by atoms with Gasteiger partial charge in [-0.25, -0.2) is 0 Å². The molecule has 3 nitrogen and oxygen atoms in total. The summed E-state index contributed by atoms with van der Waals surface area (Å²) in [7, 11) is 0. The van der Waals surface area contributed by atoms with Gasteiger partial charge in [-0.05, 0) is 55.2 Å². The van der Waals surface area contributed by atoms with Crippen LogP contribution in [0.2, 0.25) is 0 Å². The van der Waals surface area contributed by atoms with Crippen molar-refractivity contribution < 1.29 is 14.6 Å². The highest BCUT2D eigenvalue weighted by atomic mass is 16.5. The Morgan fingerprint density at radius 3 is 2.62 bits per heavy atom.